The van der Waals surface area contributed by atoms with Crippen molar-refractivity contribution in [1.29, 1.82) is 0 Å². The Labute approximate surface area is 122 Å². The molecular formula is C13H27N3O3S. The van der Waals surface area contributed by atoms with Crippen LogP contribution in [0.25, 0.3) is 0 Å². The molecule has 0 radical (unpaired) electrons. The van der Waals surface area contributed by atoms with Crippen LogP contribution in [0.2, 0.25) is 0 Å². The lowest BCUT2D eigenvalue weighted by Gasteiger charge is -2.35. The smallest absolute Gasteiger partial charge is 0.218 e. The predicted molar refractivity (Wildman–Crippen MR) is 80.2 cm³/mol. The predicted octanol–water partition coefficient (Wildman–Crippen LogP) is -0.259. The fourth-order valence-electron chi connectivity index (χ4n) is 2.61. The van der Waals surface area contributed by atoms with E-state index in [2.05, 4.69) is 10.2 Å². The van der Waals surface area contributed by atoms with Gasteiger partial charge in [0.05, 0.1) is 11.5 Å². The Bertz CT molecular complexity index is 398. The van der Waals surface area contributed by atoms with Gasteiger partial charge >= 0.3 is 0 Å². The summed E-state index contributed by atoms with van der Waals surface area (Å²) in [7, 11) is -1.25. The number of nitrogens with two attached hydrogens (primary N) is 1. The molecule has 1 heterocycles. The molecule has 1 saturated heterocycles. The molecule has 0 bridgehead atoms. The number of nitrogens with one attached hydrogen (secondary N) is 1. The molecular weight excluding hydrogens is 278 g/mol. The topological polar surface area (TPSA) is 92.5 Å². The number of carbonyl (C=O) groups excluding carboxylic acids is 1. The number of primary amides is 1. The van der Waals surface area contributed by atoms with Gasteiger partial charge in [-0.25, -0.2) is 8.42 Å². The quantitative estimate of drug-likeness (QED) is 0.612. The Balaban J connectivity index is 2.42. The molecule has 1 fully saturated rings. The van der Waals surface area contributed by atoms with Gasteiger partial charge in [0.15, 0.2) is 9.84 Å². The second-order valence-electron chi connectivity index (χ2n) is 5.45. The van der Waals surface area contributed by atoms with Crippen molar-refractivity contribution in [3.8, 4) is 0 Å². The average Bonchev–Trinajstić information content (AvgIpc) is 2.42. The maximum Gasteiger partial charge on any atom is 0.218 e. The second-order valence-corrected chi connectivity index (χ2v) is 7.75. The first-order valence-corrected chi connectivity index (χ1v) is 9.14. The molecule has 1 amide bonds. The molecule has 1 atom stereocenters. The zero-order valence-electron chi connectivity index (χ0n) is 12.3. The van der Waals surface area contributed by atoms with Gasteiger partial charge in [0, 0.05) is 19.0 Å². The van der Waals surface area contributed by atoms with Crippen LogP contribution in [0.5, 0.6) is 0 Å². The van der Waals surface area contributed by atoms with E-state index in [0.29, 0.717) is 12.6 Å². The third-order valence-electron chi connectivity index (χ3n) is 3.83. The fraction of sp³-hybridized carbons (Fsp3) is 0.923. The number of likely N-dealkylation sites (tertiary alicyclic amines) is 1. The summed E-state index contributed by atoms with van der Waals surface area (Å²) in [5.74, 6) is -0.563. The van der Waals surface area contributed by atoms with Crippen LogP contribution in [0.1, 0.15) is 32.1 Å². The summed E-state index contributed by atoms with van der Waals surface area (Å²) in [4.78, 5) is 12.9. The summed E-state index contributed by atoms with van der Waals surface area (Å²) in [6, 6.07) is 0.475. The molecule has 0 spiro atoms. The van der Waals surface area contributed by atoms with E-state index in [0.717, 1.165) is 32.4 Å². The Kier molecular flexibility index (Phi) is 7.47. The molecule has 1 aliphatic rings. The number of rotatable bonds is 9. The van der Waals surface area contributed by atoms with Crippen molar-refractivity contribution in [1.82, 2.24) is 10.2 Å². The third kappa shape index (κ3) is 6.67. The first-order chi connectivity index (χ1) is 9.44. The average molecular weight is 305 g/mol. The highest BCUT2D eigenvalue weighted by atomic mass is 32.2. The number of amides is 1. The highest BCUT2D eigenvalue weighted by Gasteiger charge is 2.23. The van der Waals surface area contributed by atoms with Crippen LogP contribution in [-0.2, 0) is 14.6 Å². The van der Waals surface area contributed by atoms with Crippen molar-refractivity contribution in [2.75, 3.05) is 38.2 Å². The molecule has 1 unspecified atom stereocenters. The lowest BCUT2D eigenvalue weighted by Crippen LogP contribution is -2.43. The standard InChI is InChI=1S/C13H27N3O3S/c1-15-7-5-12-4-2-3-8-16(12)9-11-20(18,19)10-6-13(14)17/h12,15H,2-11H2,1H3,(H2,14,17). The summed E-state index contributed by atoms with van der Waals surface area (Å²) in [6.07, 6.45) is 4.48. The van der Waals surface area contributed by atoms with Crippen LogP contribution in [-0.4, -0.2) is 63.5 Å². The van der Waals surface area contributed by atoms with Crippen LogP contribution in [0, 0.1) is 0 Å². The molecule has 7 heteroatoms. The molecule has 118 valence electrons. The van der Waals surface area contributed by atoms with Crippen molar-refractivity contribution >= 4 is 15.7 Å². The highest BCUT2D eigenvalue weighted by Crippen LogP contribution is 2.19. The van der Waals surface area contributed by atoms with Gasteiger partial charge in [-0.05, 0) is 39.4 Å². The number of hydrogen-bond donors (Lipinski definition) is 2. The van der Waals surface area contributed by atoms with Crippen LogP contribution >= 0.6 is 0 Å². The monoisotopic (exact) mass is 305 g/mol. The Morgan fingerprint density at radius 1 is 1.35 bits per heavy atom. The number of carbonyl (C=O) groups is 1. The van der Waals surface area contributed by atoms with Gasteiger partial charge in [0.2, 0.25) is 5.91 Å². The van der Waals surface area contributed by atoms with Gasteiger partial charge in [-0.2, -0.15) is 0 Å². The van der Waals surface area contributed by atoms with E-state index >= 15 is 0 Å². The zero-order chi connectivity index (χ0) is 15.0. The summed E-state index contributed by atoms with van der Waals surface area (Å²) in [5.41, 5.74) is 4.99. The van der Waals surface area contributed by atoms with E-state index < -0.39 is 15.7 Å². The molecule has 0 saturated carbocycles. The maximum absolute atomic E-state index is 11.9. The molecule has 1 rings (SSSR count). The van der Waals surface area contributed by atoms with E-state index in [-0.39, 0.29) is 17.9 Å². The van der Waals surface area contributed by atoms with E-state index in [1.807, 2.05) is 7.05 Å². The Morgan fingerprint density at radius 2 is 2.10 bits per heavy atom. The Morgan fingerprint density at radius 3 is 2.75 bits per heavy atom. The third-order valence-corrected chi connectivity index (χ3v) is 5.46. The first kappa shape index (κ1) is 17.4. The van der Waals surface area contributed by atoms with E-state index in [4.69, 9.17) is 5.73 Å². The SMILES string of the molecule is CNCCC1CCCCN1CCS(=O)(=O)CCC(N)=O. The Hall–Kier alpha value is -0.660. The molecule has 0 aromatic heterocycles. The minimum atomic E-state index is -3.18. The summed E-state index contributed by atoms with van der Waals surface area (Å²) < 4.78 is 23.7. The fourth-order valence-corrected chi connectivity index (χ4v) is 3.84. The number of hydrogen-bond acceptors (Lipinski definition) is 5. The van der Waals surface area contributed by atoms with E-state index in [1.54, 1.807) is 0 Å². The number of piperidine rings is 1. The van der Waals surface area contributed by atoms with Gasteiger partial charge in [0.25, 0.3) is 0 Å². The van der Waals surface area contributed by atoms with Crippen molar-refractivity contribution < 1.29 is 13.2 Å². The van der Waals surface area contributed by atoms with Gasteiger partial charge in [-0.1, -0.05) is 6.42 Å². The lowest BCUT2D eigenvalue weighted by atomic mass is 9.99. The van der Waals surface area contributed by atoms with Crippen molar-refractivity contribution in [2.45, 2.75) is 38.1 Å². The number of sulfone groups is 1. The van der Waals surface area contributed by atoms with Crippen LogP contribution < -0.4 is 11.1 Å². The van der Waals surface area contributed by atoms with Crippen LogP contribution in [0.15, 0.2) is 0 Å². The summed E-state index contributed by atoms with van der Waals surface area (Å²) >= 11 is 0. The summed E-state index contributed by atoms with van der Waals surface area (Å²) in [6.45, 7) is 2.49. The lowest BCUT2D eigenvalue weighted by molar-refractivity contribution is -0.117. The summed E-state index contributed by atoms with van der Waals surface area (Å²) in [5, 5.41) is 3.14. The largest absolute Gasteiger partial charge is 0.370 e. The number of nitrogens with zero attached hydrogens (tertiary/aromatic N) is 1. The zero-order valence-corrected chi connectivity index (χ0v) is 13.1. The van der Waals surface area contributed by atoms with E-state index in [9.17, 15) is 13.2 Å². The normalized spacial score (nSPS) is 20.9. The first-order valence-electron chi connectivity index (χ1n) is 7.32. The molecule has 0 aromatic rings. The molecule has 0 aliphatic carbocycles. The van der Waals surface area contributed by atoms with E-state index in [1.165, 1.54) is 6.42 Å². The van der Waals surface area contributed by atoms with Gasteiger partial charge in [-0.15, -0.1) is 0 Å². The van der Waals surface area contributed by atoms with Crippen LogP contribution in [0.3, 0.4) is 0 Å². The maximum atomic E-state index is 11.9. The minimum absolute atomic E-state index is 0.0779. The highest BCUT2D eigenvalue weighted by molar-refractivity contribution is 7.91. The minimum Gasteiger partial charge on any atom is -0.370 e. The molecule has 3 N–H and O–H groups in total. The van der Waals surface area contributed by atoms with Crippen molar-refractivity contribution in [3.05, 3.63) is 0 Å². The molecule has 6 nitrogen and oxygen atoms in total. The van der Waals surface area contributed by atoms with Gasteiger partial charge in [-0.3, -0.25) is 9.69 Å². The van der Waals surface area contributed by atoms with Gasteiger partial charge < -0.3 is 11.1 Å². The molecule has 1 aliphatic heterocycles. The molecule has 20 heavy (non-hydrogen) atoms. The van der Waals surface area contributed by atoms with Crippen molar-refractivity contribution in [2.24, 2.45) is 5.73 Å². The van der Waals surface area contributed by atoms with Crippen molar-refractivity contribution in [3.63, 3.8) is 0 Å². The van der Waals surface area contributed by atoms with Crippen LogP contribution in [0.4, 0.5) is 0 Å². The second kappa shape index (κ2) is 8.59. The molecule has 0 aromatic carbocycles. The van der Waals surface area contributed by atoms with Gasteiger partial charge in [0.1, 0.15) is 0 Å².